The fraction of sp³-hybridized carbons (Fsp3) is 0.500. The minimum atomic E-state index is -2.88. The van der Waals surface area contributed by atoms with Gasteiger partial charge in [-0.15, -0.1) is 0 Å². The standard InChI is InChI=1S/C14H16F2O2/c1-14(15,16)11-4-2-3-10(7-11)12(8-13(17)18)9-5-6-9/h2-4,7,9,12H,5-6,8H2,1H3,(H,17,18). The minimum absolute atomic E-state index is 0.0173. The lowest BCUT2D eigenvalue weighted by Gasteiger charge is -2.17. The first-order chi connectivity index (χ1) is 8.38. The number of aliphatic carboxylic acids is 1. The molecule has 18 heavy (non-hydrogen) atoms. The molecule has 0 spiro atoms. The third kappa shape index (κ3) is 3.06. The van der Waals surface area contributed by atoms with Crippen molar-refractivity contribution in [2.24, 2.45) is 5.92 Å². The van der Waals surface area contributed by atoms with E-state index in [1.165, 1.54) is 12.1 Å². The minimum Gasteiger partial charge on any atom is -0.481 e. The highest BCUT2D eigenvalue weighted by molar-refractivity contribution is 5.68. The number of halogens is 2. The SMILES string of the molecule is CC(F)(F)c1cccc(C(CC(=O)O)C2CC2)c1. The summed E-state index contributed by atoms with van der Waals surface area (Å²) in [7, 11) is 0. The molecule has 1 unspecified atom stereocenters. The first-order valence-corrected chi connectivity index (χ1v) is 6.08. The van der Waals surface area contributed by atoms with Gasteiger partial charge in [0.25, 0.3) is 5.92 Å². The molecule has 0 aromatic heterocycles. The average molecular weight is 254 g/mol. The molecule has 0 amide bonds. The van der Waals surface area contributed by atoms with Crippen LogP contribution in [-0.4, -0.2) is 11.1 Å². The van der Waals surface area contributed by atoms with E-state index < -0.39 is 11.9 Å². The Kier molecular flexibility index (Phi) is 3.37. The molecule has 0 aliphatic heterocycles. The normalized spacial score (nSPS) is 17.5. The van der Waals surface area contributed by atoms with E-state index in [1.807, 2.05) is 0 Å². The predicted octanol–water partition coefficient (Wildman–Crippen LogP) is 3.77. The first-order valence-electron chi connectivity index (χ1n) is 6.08. The molecule has 1 fully saturated rings. The molecule has 1 atom stereocenters. The van der Waals surface area contributed by atoms with Gasteiger partial charge in [-0.05, 0) is 36.3 Å². The molecule has 0 radical (unpaired) electrons. The number of benzene rings is 1. The van der Waals surface area contributed by atoms with Crippen LogP contribution in [0.3, 0.4) is 0 Å². The Hall–Kier alpha value is -1.45. The van der Waals surface area contributed by atoms with Crippen LogP contribution in [-0.2, 0) is 10.7 Å². The Bertz CT molecular complexity index is 447. The van der Waals surface area contributed by atoms with Crippen LogP contribution in [0.2, 0.25) is 0 Å². The smallest absolute Gasteiger partial charge is 0.303 e. The van der Waals surface area contributed by atoms with Crippen molar-refractivity contribution in [2.75, 3.05) is 0 Å². The van der Waals surface area contributed by atoms with Gasteiger partial charge in [0.05, 0.1) is 6.42 Å². The molecular weight excluding hydrogens is 238 g/mol. The zero-order chi connectivity index (χ0) is 13.3. The molecule has 1 aromatic rings. The summed E-state index contributed by atoms with van der Waals surface area (Å²) < 4.78 is 26.5. The van der Waals surface area contributed by atoms with Crippen molar-refractivity contribution in [3.63, 3.8) is 0 Å². The second-order valence-corrected chi connectivity index (χ2v) is 5.06. The van der Waals surface area contributed by atoms with Crippen LogP contribution in [0.25, 0.3) is 0 Å². The van der Waals surface area contributed by atoms with Gasteiger partial charge in [0.2, 0.25) is 0 Å². The van der Waals surface area contributed by atoms with Gasteiger partial charge in [0, 0.05) is 12.5 Å². The maximum atomic E-state index is 13.3. The fourth-order valence-corrected chi connectivity index (χ4v) is 2.29. The molecule has 0 saturated heterocycles. The third-order valence-electron chi connectivity index (χ3n) is 3.41. The highest BCUT2D eigenvalue weighted by atomic mass is 19.3. The number of hydrogen-bond acceptors (Lipinski definition) is 1. The Morgan fingerprint density at radius 3 is 2.67 bits per heavy atom. The van der Waals surface area contributed by atoms with E-state index in [0.29, 0.717) is 5.92 Å². The van der Waals surface area contributed by atoms with Crippen LogP contribution in [0.4, 0.5) is 8.78 Å². The average Bonchev–Trinajstić information content (AvgIpc) is 3.08. The molecule has 0 heterocycles. The van der Waals surface area contributed by atoms with Crippen LogP contribution in [0.1, 0.15) is 43.2 Å². The van der Waals surface area contributed by atoms with Gasteiger partial charge >= 0.3 is 5.97 Å². The van der Waals surface area contributed by atoms with Gasteiger partial charge in [-0.3, -0.25) is 4.79 Å². The van der Waals surface area contributed by atoms with E-state index in [-0.39, 0.29) is 17.9 Å². The summed E-state index contributed by atoms with van der Waals surface area (Å²) in [5.41, 5.74) is 0.676. The quantitative estimate of drug-likeness (QED) is 0.868. The van der Waals surface area contributed by atoms with Gasteiger partial charge in [-0.1, -0.05) is 18.2 Å². The molecule has 2 nitrogen and oxygen atoms in total. The number of hydrogen-bond donors (Lipinski definition) is 1. The van der Waals surface area contributed by atoms with Crippen molar-refractivity contribution >= 4 is 5.97 Å². The van der Waals surface area contributed by atoms with Gasteiger partial charge in [-0.25, -0.2) is 8.78 Å². The maximum Gasteiger partial charge on any atom is 0.303 e. The summed E-state index contributed by atoms with van der Waals surface area (Å²) in [4.78, 5) is 10.8. The molecule has 1 aromatic carbocycles. The molecule has 1 N–H and O–H groups in total. The van der Waals surface area contributed by atoms with E-state index >= 15 is 0 Å². The zero-order valence-corrected chi connectivity index (χ0v) is 10.2. The van der Waals surface area contributed by atoms with E-state index in [9.17, 15) is 13.6 Å². The molecule has 2 rings (SSSR count). The van der Waals surface area contributed by atoms with Crippen LogP contribution < -0.4 is 0 Å². The molecule has 1 saturated carbocycles. The Balaban J connectivity index is 2.27. The van der Waals surface area contributed by atoms with Gasteiger partial charge in [0.15, 0.2) is 0 Å². The van der Waals surface area contributed by atoms with E-state index in [0.717, 1.165) is 25.3 Å². The summed E-state index contributed by atoms with van der Waals surface area (Å²) >= 11 is 0. The van der Waals surface area contributed by atoms with Crippen LogP contribution in [0.15, 0.2) is 24.3 Å². The molecule has 4 heteroatoms. The summed E-state index contributed by atoms with van der Waals surface area (Å²) in [6, 6.07) is 6.17. The van der Waals surface area contributed by atoms with Crippen LogP contribution in [0, 0.1) is 5.92 Å². The van der Waals surface area contributed by atoms with E-state index in [1.54, 1.807) is 12.1 Å². The lowest BCUT2D eigenvalue weighted by atomic mass is 9.89. The number of rotatable bonds is 5. The van der Waals surface area contributed by atoms with Crippen LogP contribution in [0.5, 0.6) is 0 Å². The van der Waals surface area contributed by atoms with Crippen molar-refractivity contribution in [3.8, 4) is 0 Å². The predicted molar refractivity (Wildman–Crippen MR) is 63.7 cm³/mol. The summed E-state index contributed by atoms with van der Waals surface area (Å²) in [6.45, 7) is 0.857. The number of alkyl halides is 2. The topological polar surface area (TPSA) is 37.3 Å². The number of carboxylic acids is 1. The third-order valence-corrected chi connectivity index (χ3v) is 3.41. The Labute approximate surface area is 105 Å². The van der Waals surface area contributed by atoms with Crippen LogP contribution >= 0.6 is 0 Å². The lowest BCUT2D eigenvalue weighted by Crippen LogP contribution is -2.11. The largest absolute Gasteiger partial charge is 0.481 e. The van der Waals surface area contributed by atoms with E-state index in [4.69, 9.17) is 5.11 Å². The molecule has 1 aliphatic carbocycles. The van der Waals surface area contributed by atoms with Crippen molar-refractivity contribution in [2.45, 2.75) is 38.0 Å². The summed E-state index contributed by atoms with van der Waals surface area (Å²) in [5, 5.41) is 8.90. The fourth-order valence-electron chi connectivity index (χ4n) is 2.29. The summed E-state index contributed by atoms with van der Waals surface area (Å²) in [5.74, 6) is -3.56. The molecule has 0 bridgehead atoms. The Morgan fingerprint density at radius 1 is 1.50 bits per heavy atom. The van der Waals surface area contributed by atoms with Gasteiger partial charge in [-0.2, -0.15) is 0 Å². The second kappa shape index (κ2) is 4.67. The molecular formula is C14H16F2O2. The Morgan fingerprint density at radius 2 is 2.17 bits per heavy atom. The van der Waals surface area contributed by atoms with Crippen molar-refractivity contribution in [3.05, 3.63) is 35.4 Å². The van der Waals surface area contributed by atoms with Crippen molar-refractivity contribution in [1.29, 1.82) is 0 Å². The van der Waals surface area contributed by atoms with E-state index in [2.05, 4.69) is 0 Å². The summed E-state index contributed by atoms with van der Waals surface area (Å²) in [6.07, 6.45) is 2.00. The highest BCUT2D eigenvalue weighted by Crippen LogP contribution is 2.45. The zero-order valence-electron chi connectivity index (χ0n) is 10.2. The molecule has 98 valence electrons. The van der Waals surface area contributed by atoms with Gasteiger partial charge < -0.3 is 5.11 Å². The lowest BCUT2D eigenvalue weighted by molar-refractivity contribution is -0.137. The van der Waals surface area contributed by atoms with Crippen molar-refractivity contribution < 1.29 is 18.7 Å². The maximum absolute atomic E-state index is 13.3. The number of carbonyl (C=O) groups is 1. The number of carboxylic acid groups (broad SMARTS) is 1. The van der Waals surface area contributed by atoms with Gasteiger partial charge in [0.1, 0.15) is 0 Å². The second-order valence-electron chi connectivity index (χ2n) is 5.06. The first kappa shape index (κ1) is 13.0. The molecule has 1 aliphatic rings. The van der Waals surface area contributed by atoms with Crippen molar-refractivity contribution in [1.82, 2.24) is 0 Å². The monoisotopic (exact) mass is 254 g/mol. The highest BCUT2D eigenvalue weighted by Gasteiger charge is 2.34.